The second kappa shape index (κ2) is 6.28. The minimum atomic E-state index is -0.806. The van der Waals surface area contributed by atoms with Gasteiger partial charge in [0.05, 0.1) is 6.61 Å². The Bertz CT molecular complexity index is 689. The van der Waals surface area contributed by atoms with Crippen LogP contribution in [-0.2, 0) is 23.7 Å². The van der Waals surface area contributed by atoms with Gasteiger partial charge in [-0.2, -0.15) is 4.74 Å². The fourth-order valence-corrected chi connectivity index (χ4v) is 3.75. The van der Waals surface area contributed by atoms with Gasteiger partial charge in [-0.1, -0.05) is 18.2 Å². The Balaban J connectivity index is 1.59. The van der Waals surface area contributed by atoms with E-state index >= 15 is 0 Å². The van der Waals surface area contributed by atoms with E-state index in [4.69, 9.17) is 23.7 Å². The predicted molar refractivity (Wildman–Crippen MR) is 92.6 cm³/mol. The molecule has 3 heterocycles. The van der Waals surface area contributed by atoms with Crippen molar-refractivity contribution in [1.29, 1.82) is 0 Å². The second-order valence-electron chi connectivity index (χ2n) is 7.82. The van der Waals surface area contributed by atoms with Crippen LogP contribution in [0.1, 0.15) is 33.3 Å². The summed E-state index contributed by atoms with van der Waals surface area (Å²) >= 11 is 0. The van der Waals surface area contributed by atoms with Crippen molar-refractivity contribution in [2.75, 3.05) is 6.61 Å². The van der Waals surface area contributed by atoms with Gasteiger partial charge in [-0.3, -0.25) is 0 Å². The summed E-state index contributed by atoms with van der Waals surface area (Å²) in [6, 6.07) is 9.39. The smallest absolute Gasteiger partial charge is 0.297 e. The van der Waals surface area contributed by atoms with Crippen LogP contribution in [0.4, 0.5) is 0 Å². The number of nitrogens with zero attached hydrogens (tertiary/aromatic N) is 1. The van der Waals surface area contributed by atoms with Crippen molar-refractivity contribution in [3.8, 4) is 0 Å². The van der Waals surface area contributed by atoms with Gasteiger partial charge in [0.25, 0.3) is 6.23 Å². The molecule has 0 aliphatic carbocycles. The van der Waals surface area contributed by atoms with E-state index in [-0.39, 0.29) is 6.10 Å². The molecule has 0 amide bonds. The van der Waals surface area contributed by atoms with Crippen LogP contribution in [0.15, 0.2) is 30.3 Å². The Hall–Kier alpha value is -1.51. The van der Waals surface area contributed by atoms with Crippen molar-refractivity contribution in [1.82, 2.24) is 0 Å². The third-order valence-electron chi connectivity index (χ3n) is 4.79. The van der Waals surface area contributed by atoms with Crippen molar-refractivity contribution in [3.05, 3.63) is 41.1 Å². The summed E-state index contributed by atoms with van der Waals surface area (Å²) in [7, 11) is 0. The maximum absolute atomic E-state index is 12.8. The van der Waals surface area contributed by atoms with E-state index < -0.39 is 36.1 Å². The van der Waals surface area contributed by atoms with Gasteiger partial charge < -0.3 is 28.9 Å². The summed E-state index contributed by atoms with van der Waals surface area (Å²) in [6.07, 6.45) is -0.939. The first-order valence-corrected chi connectivity index (χ1v) is 8.92. The number of fused-ring (bicyclic) bond motifs is 1. The summed E-state index contributed by atoms with van der Waals surface area (Å²) in [4.78, 5) is 0. The molecule has 3 aliphatic heterocycles. The molecule has 3 saturated heterocycles. The molecule has 26 heavy (non-hydrogen) atoms. The van der Waals surface area contributed by atoms with Crippen LogP contribution < -0.4 is 0 Å². The minimum Gasteiger partial charge on any atom is -0.622 e. The van der Waals surface area contributed by atoms with Gasteiger partial charge in [0.2, 0.25) is 0 Å². The van der Waals surface area contributed by atoms with Crippen LogP contribution in [-0.4, -0.2) is 59.8 Å². The van der Waals surface area contributed by atoms with E-state index in [1.807, 2.05) is 58.0 Å². The molecular formula is C19H25NO6. The molecule has 1 aromatic carbocycles. The highest BCUT2D eigenvalue weighted by atomic mass is 16.8. The quantitative estimate of drug-likeness (QED) is 0.354. The van der Waals surface area contributed by atoms with Gasteiger partial charge in [0.15, 0.2) is 23.9 Å². The molecule has 4 rings (SSSR count). The second-order valence-corrected chi connectivity index (χ2v) is 7.82. The molecule has 0 aromatic heterocycles. The molecular weight excluding hydrogens is 338 g/mol. The molecule has 0 bridgehead atoms. The molecule has 7 heteroatoms. The highest BCUT2D eigenvalue weighted by Crippen LogP contribution is 2.42. The van der Waals surface area contributed by atoms with Gasteiger partial charge in [0.1, 0.15) is 18.3 Å². The summed E-state index contributed by atoms with van der Waals surface area (Å²) in [6.45, 7) is 7.78. The number of benzene rings is 1. The molecule has 3 aliphatic rings. The molecule has 5 atom stereocenters. The molecule has 7 nitrogen and oxygen atoms in total. The summed E-state index contributed by atoms with van der Waals surface area (Å²) in [5.74, 6) is -1.46. The van der Waals surface area contributed by atoms with Gasteiger partial charge in [0, 0.05) is 5.56 Å². The minimum absolute atomic E-state index is 0.315. The Labute approximate surface area is 153 Å². The average molecular weight is 363 g/mol. The summed E-state index contributed by atoms with van der Waals surface area (Å²) in [5, 5.41) is 12.8. The van der Waals surface area contributed by atoms with Crippen molar-refractivity contribution in [2.24, 2.45) is 0 Å². The maximum Gasteiger partial charge on any atom is 0.297 e. The molecule has 1 aromatic rings. The van der Waals surface area contributed by atoms with Crippen LogP contribution in [0.3, 0.4) is 0 Å². The third-order valence-corrected chi connectivity index (χ3v) is 4.79. The topological polar surface area (TPSA) is 72.2 Å². The van der Waals surface area contributed by atoms with Gasteiger partial charge in [-0.15, -0.1) is 0 Å². The number of ether oxygens (including phenoxy) is 5. The van der Waals surface area contributed by atoms with Crippen LogP contribution in [0.5, 0.6) is 0 Å². The molecule has 0 spiro atoms. The molecule has 142 valence electrons. The number of hydroxylamine groups is 1. The number of rotatable bonds is 3. The first-order chi connectivity index (χ1) is 12.2. The molecule has 0 saturated carbocycles. The average Bonchev–Trinajstić information content (AvgIpc) is 3.18. The van der Waals surface area contributed by atoms with Crippen LogP contribution in [0.25, 0.3) is 0 Å². The fraction of sp³-hybridized carbons (Fsp3) is 0.632. The zero-order valence-electron chi connectivity index (χ0n) is 15.5. The van der Waals surface area contributed by atoms with Crippen molar-refractivity contribution in [3.63, 3.8) is 0 Å². The van der Waals surface area contributed by atoms with Gasteiger partial charge >= 0.3 is 0 Å². The van der Waals surface area contributed by atoms with Crippen molar-refractivity contribution < 1.29 is 28.4 Å². The zero-order valence-corrected chi connectivity index (χ0v) is 15.5. The van der Waals surface area contributed by atoms with Crippen molar-refractivity contribution >= 4 is 6.21 Å². The standard InChI is InChI=1S/C19H25NO6/c1-18(2)22-11-13(24-18)14-15-16(26-19(3,4)25-15)17(23-14)20(21)10-12-8-6-5-7-9-12/h5-10,13-17H,11H2,1-4H3/b20-10-/t13-,14-,15+,16+,17+/m1/s1. The van der Waals surface area contributed by atoms with Crippen molar-refractivity contribution in [2.45, 2.75) is 69.9 Å². The Morgan fingerprint density at radius 1 is 0.962 bits per heavy atom. The molecule has 0 N–H and O–H groups in total. The van der Waals surface area contributed by atoms with E-state index in [0.29, 0.717) is 6.61 Å². The van der Waals surface area contributed by atoms with E-state index in [2.05, 4.69) is 0 Å². The summed E-state index contributed by atoms with van der Waals surface area (Å²) in [5.41, 5.74) is 0.797. The number of hydrogen-bond donors (Lipinski definition) is 0. The largest absolute Gasteiger partial charge is 0.622 e. The lowest BCUT2D eigenvalue weighted by atomic mass is 10.1. The van der Waals surface area contributed by atoms with Crippen LogP contribution >= 0.6 is 0 Å². The SMILES string of the molecule is CC1(C)O[C@H]2[C@@H]([C@H]3COC(C)(C)O3)O[C@H](/[N+]([O-])=C/c3ccccc3)[C@H]2O1. The zero-order chi connectivity index (χ0) is 18.5. The Morgan fingerprint density at radius 3 is 2.31 bits per heavy atom. The first-order valence-electron chi connectivity index (χ1n) is 8.92. The van der Waals surface area contributed by atoms with Gasteiger partial charge in [-0.05, 0) is 39.8 Å². The predicted octanol–water partition coefficient (Wildman–Crippen LogP) is 2.01. The van der Waals surface area contributed by atoms with E-state index in [1.165, 1.54) is 6.21 Å². The Morgan fingerprint density at radius 2 is 1.65 bits per heavy atom. The normalized spacial score (nSPS) is 38.5. The third kappa shape index (κ3) is 3.37. The van der Waals surface area contributed by atoms with Gasteiger partial charge in [-0.25, -0.2) is 0 Å². The molecule has 0 radical (unpaired) electrons. The lowest BCUT2D eigenvalue weighted by Gasteiger charge is -2.26. The maximum atomic E-state index is 12.8. The van der Waals surface area contributed by atoms with E-state index in [9.17, 15) is 5.21 Å². The van der Waals surface area contributed by atoms with E-state index in [0.717, 1.165) is 10.3 Å². The monoisotopic (exact) mass is 363 g/mol. The molecule has 0 unspecified atom stereocenters. The summed E-state index contributed by atoms with van der Waals surface area (Å²) < 4.78 is 30.5. The van der Waals surface area contributed by atoms with Crippen LogP contribution in [0.2, 0.25) is 0 Å². The molecule has 3 fully saturated rings. The van der Waals surface area contributed by atoms with E-state index in [1.54, 1.807) is 0 Å². The lowest BCUT2D eigenvalue weighted by Crippen LogP contribution is -2.40. The highest BCUT2D eigenvalue weighted by molar-refractivity contribution is 5.75. The number of hydrogen-bond acceptors (Lipinski definition) is 6. The fourth-order valence-electron chi connectivity index (χ4n) is 3.75. The van der Waals surface area contributed by atoms with Crippen LogP contribution in [0, 0.1) is 5.21 Å². The highest BCUT2D eigenvalue weighted by Gasteiger charge is 2.62. The lowest BCUT2D eigenvalue weighted by molar-refractivity contribution is -0.562. The Kier molecular flexibility index (Phi) is 4.32. The first kappa shape index (κ1) is 17.9.